The minimum Gasteiger partial charge on any atom is -0.496 e. The third-order valence-electron chi connectivity index (χ3n) is 9.19. The van der Waals surface area contributed by atoms with Crippen molar-refractivity contribution in [3.63, 3.8) is 0 Å². The Bertz CT molecular complexity index is 1480. The van der Waals surface area contributed by atoms with Crippen molar-refractivity contribution in [1.29, 1.82) is 5.26 Å². The summed E-state index contributed by atoms with van der Waals surface area (Å²) in [5.41, 5.74) is -0.807. The quantitative estimate of drug-likeness (QED) is 0.484. The lowest BCUT2D eigenvalue weighted by molar-refractivity contribution is -0.176. The monoisotopic (exact) mass is 603 g/mol. The van der Waals surface area contributed by atoms with Gasteiger partial charge in [0.2, 0.25) is 11.8 Å². The van der Waals surface area contributed by atoms with Gasteiger partial charge in [-0.25, -0.2) is 4.39 Å². The van der Waals surface area contributed by atoms with Gasteiger partial charge in [-0.2, -0.15) is 18.4 Å². The van der Waals surface area contributed by atoms with E-state index in [1.54, 1.807) is 24.4 Å². The zero-order valence-electron chi connectivity index (χ0n) is 24.1. The molecule has 8 atom stereocenters. The van der Waals surface area contributed by atoms with Crippen molar-refractivity contribution in [2.75, 3.05) is 13.7 Å². The molecule has 3 aliphatic rings. The first-order chi connectivity index (χ1) is 20.2. The van der Waals surface area contributed by atoms with E-state index in [2.05, 4.69) is 16.4 Å². The lowest BCUT2D eigenvalue weighted by atomic mass is 9.77. The highest BCUT2D eigenvalue weighted by molar-refractivity contribution is 5.95. The van der Waals surface area contributed by atoms with Gasteiger partial charge >= 0.3 is 12.1 Å². The van der Waals surface area contributed by atoms with Crippen molar-refractivity contribution >= 4 is 28.5 Å². The lowest BCUT2D eigenvalue weighted by Gasteiger charge is -2.37. The molecule has 0 radical (unpaired) electrons. The number of methoxy groups -OCH3 is 1. The number of carbonyl (C=O) groups is 3. The second kappa shape index (κ2) is 11.0. The summed E-state index contributed by atoms with van der Waals surface area (Å²) in [4.78, 5) is 45.4. The molecule has 3 fully saturated rings. The van der Waals surface area contributed by atoms with Crippen LogP contribution in [0.1, 0.15) is 45.2 Å². The number of pyridine rings is 1. The van der Waals surface area contributed by atoms with Gasteiger partial charge < -0.3 is 20.3 Å². The van der Waals surface area contributed by atoms with Crippen LogP contribution in [0, 0.1) is 40.4 Å². The molecule has 5 rings (SSSR count). The predicted octanol–water partition coefficient (Wildman–Crippen LogP) is 3.84. The van der Waals surface area contributed by atoms with Crippen molar-refractivity contribution in [1.82, 2.24) is 20.5 Å². The standard InChI is InChI=1S/C30H33F4N5O4/c1-29(2,3)25(38-28(42)30(32,33)34)27(41)39-13-18-15-8-16(19(31)9-15)23(18)24(39)26(40)37-20(10-35)17-12-36-11-14-6-5-7-21(43-4)22(14)17/h5-7,11-12,15-16,18-20,23-25H,8-9,13H2,1-4H3,(H,37,40)(H,38,42)/t15-,16+,18+,19+,20+,23-,24-,25+/m0/s1. The maximum Gasteiger partial charge on any atom is 0.471 e. The number of hydrogen-bond acceptors (Lipinski definition) is 6. The highest BCUT2D eigenvalue weighted by Crippen LogP contribution is 2.58. The predicted molar refractivity (Wildman–Crippen MR) is 146 cm³/mol. The van der Waals surface area contributed by atoms with E-state index in [9.17, 15) is 32.8 Å². The Morgan fingerprint density at radius 3 is 2.47 bits per heavy atom. The van der Waals surface area contributed by atoms with Crippen LogP contribution in [0.5, 0.6) is 5.75 Å². The number of amides is 3. The van der Waals surface area contributed by atoms with E-state index < -0.39 is 65.4 Å². The molecule has 0 spiro atoms. The summed E-state index contributed by atoms with van der Waals surface area (Å²) >= 11 is 0. The third-order valence-corrected chi connectivity index (χ3v) is 9.19. The maximum atomic E-state index is 15.0. The van der Waals surface area contributed by atoms with Gasteiger partial charge in [0.05, 0.1) is 13.2 Å². The average Bonchev–Trinajstić information content (AvgIpc) is 3.62. The third kappa shape index (κ3) is 5.36. The molecule has 0 unspecified atom stereocenters. The summed E-state index contributed by atoms with van der Waals surface area (Å²) in [6.45, 7) is 4.55. The van der Waals surface area contributed by atoms with E-state index in [-0.39, 0.29) is 24.8 Å². The van der Waals surface area contributed by atoms with E-state index in [1.807, 2.05) is 5.32 Å². The first-order valence-corrected chi connectivity index (χ1v) is 14.1. The van der Waals surface area contributed by atoms with Crippen molar-refractivity contribution in [2.24, 2.45) is 29.1 Å². The Morgan fingerprint density at radius 1 is 1.12 bits per heavy atom. The first kappa shape index (κ1) is 30.5. The normalized spacial score (nSPS) is 27.7. The Balaban J connectivity index is 1.51. The van der Waals surface area contributed by atoms with E-state index in [0.29, 0.717) is 28.5 Å². The maximum absolute atomic E-state index is 15.0. The van der Waals surface area contributed by atoms with Crippen molar-refractivity contribution < 1.29 is 36.7 Å². The van der Waals surface area contributed by atoms with E-state index in [1.165, 1.54) is 39.0 Å². The number of alkyl halides is 4. The summed E-state index contributed by atoms with van der Waals surface area (Å²) < 4.78 is 60.1. The van der Waals surface area contributed by atoms with Gasteiger partial charge in [0, 0.05) is 35.3 Å². The lowest BCUT2D eigenvalue weighted by Crippen LogP contribution is -2.60. The number of nitriles is 1. The van der Waals surface area contributed by atoms with Gasteiger partial charge in [-0.15, -0.1) is 0 Å². The summed E-state index contributed by atoms with van der Waals surface area (Å²) in [7, 11) is 1.47. The molecule has 1 aromatic carbocycles. The second-order valence-corrected chi connectivity index (χ2v) is 12.7. The number of likely N-dealkylation sites (tertiary alicyclic amines) is 1. The number of nitrogens with one attached hydrogen (secondary N) is 2. The Morgan fingerprint density at radius 2 is 1.84 bits per heavy atom. The van der Waals surface area contributed by atoms with Crippen molar-refractivity contribution in [2.45, 2.75) is 64.1 Å². The number of aromatic nitrogens is 1. The topological polar surface area (TPSA) is 124 Å². The fraction of sp³-hybridized carbons (Fsp3) is 0.567. The first-order valence-electron chi connectivity index (χ1n) is 14.1. The summed E-state index contributed by atoms with van der Waals surface area (Å²) in [6, 6.07) is 3.18. The van der Waals surface area contributed by atoms with Crippen LogP contribution in [-0.2, 0) is 14.4 Å². The van der Waals surface area contributed by atoms with Crippen LogP contribution in [-0.4, -0.2) is 65.7 Å². The minimum atomic E-state index is -5.23. The fourth-order valence-electron chi connectivity index (χ4n) is 7.32. The SMILES string of the molecule is COc1cccc2cncc([C@@H](C#N)NC(=O)[C@@H]3[C@@H]4[C@H](CN3C(=O)[C@@H](NC(=O)C(F)(F)F)C(C)(C)C)[C@H]3C[C@@H]4[C@H](F)C3)c12. The number of nitrogens with zero attached hydrogens (tertiary/aromatic N) is 3. The van der Waals surface area contributed by atoms with Crippen LogP contribution in [0.25, 0.3) is 10.8 Å². The van der Waals surface area contributed by atoms with Gasteiger partial charge in [0.1, 0.15) is 30.0 Å². The van der Waals surface area contributed by atoms with Gasteiger partial charge in [0.25, 0.3) is 0 Å². The van der Waals surface area contributed by atoms with E-state index in [4.69, 9.17) is 4.74 Å². The minimum absolute atomic E-state index is 0.0325. The zero-order valence-corrected chi connectivity index (χ0v) is 24.1. The van der Waals surface area contributed by atoms with Crippen LogP contribution in [0.15, 0.2) is 30.6 Å². The molecule has 2 aromatic rings. The summed E-state index contributed by atoms with van der Waals surface area (Å²) in [5.74, 6) is -4.84. The molecular formula is C30H33F4N5O4. The molecule has 3 amide bonds. The van der Waals surface area contributed by atoms with Crippen LogP contribution >= 0.6 is 0 Å². The number of carbonyl (C=O) groups excluding carboxylic acids is 3. The number of ether oxygens (including phenoxy) is 1. The van der Waals surface area contributed by atoms with Gasteiger partial charge in [-0.3, -0.25) is 19.4 Å². The molecule has 2 bridgehead atoms. The van der Waals surface area contributed by atoms with Crippen LogP contribution < -0.4 is 15.4 Å². The smallest absolute Gasteiger partial charge is 0.471 e. The number of rotatable bonds is 6. The Labute approximate surface area is 245 Å². The second-order valence-electron chi connectivity index (χ2n) is 12.7. The molecule has 9 nitrogen and oxygen atoms in total. The fourth-order valence-corrected chi connectivity index (χ4v) is 7.32. The molecule has 43 heavy (non-hydrogen) atoms. The largest absolute Gasteiger partial charge is 0.496 e. The number of benzene rings is 1. The van der Waals surface area contributed by atoms with Crippen LogP contribution in [0.2, 0.25) is 0 Å². The van der Waals surface area contributed by atoms with Crippen LogP contribution in [0.4, 0.5) is 17.6 Å². The van der Waals surface area contributed by atoms with E-state index in [0.717, 1.165) is 0 Å². The molecule has 2 saturated carbocycles. The molecule has 230 valence electrons. The molecule has 1 saturated heterocycles. The zero-order chi connectivity index (χ0) is 31.4. The number of fused-ring (bicyclic) bond motifs is 6. The van der Waals surface area contributed by atoms with Gasteiger partial charge in [-0.1, -0.05) is 32.9 Å². The Hall–Kier alpha value is -3.95. The van der Waals surface area contributed by atoms with Crippen molar-refractivity contribution in [3.8, 4) is 11.8 Å². The van der Waals surface area contributed by atoms with Gasteiger partial charge in [-0.05, 0) is 48.0 Å². The summed E-state index contributed by atoms with van der Waals surface area (Å²) in [6.07, 6.45) is -2.57. The van der Waals surface area contributed by atoms with Gasteiger partial charge in [0.15, 0.2) is 0 Å². The molecule has 1 aromatic heterocycles. The van der Waals surface area contributed by atoms with Crippen molar-refractivity contribution in [3.05, 3.63) is 36.2 Å². The molecule has 2 heterocycles. The highest BCUT2D eigenvalue weighted by atomic mass is 19.4. The molecule has 2 aliphatic carbocycles. The number of halogens is 4. The molecular weight excluding hydrogens is 570 g/mol. The average molecular weight is 604 g/mol. The molecule has 2 N–H and O–H groups in total. The molecule has 1 aliphatic heterocycles. The Kier molecular flexibility index (Phi) is 7.77. The van der Waals surface area contributed by atoms with E-state index >= 15 is 4.39 Å². The summed E-state index contributed by atoms with van der Waals surface area (Å²) in [5, 5.41) is 15.9. The van der Waals surface area contributed by atoms with Crippen LogP contribution in [0.3, 0.4) is 0 Å². The number of hydrogen-bond donors (Lipinski definition) is 2. The highest BCUT2D eigenvalue weighted by Gasteiger charge is 2.63. The molecule has 13 heteroatoms.